The molecule has 0 radical (unpaired) electrons. The zero-order valence-corrected chi connectivity index (χ0v) is 11.1. The maximum atomic E-state index is 11.3. The molecule has 4 nitrogen and oxygen atoms in total. The number of aliphatic hydroxyl groups is 1. The Morgan fingerprint density at radius 3 is 2.76 bits per heavy atom. The smallest absolute Gasteiger partial charge is 0.305 e. The van der Waals surface area contributed by atoms with Crippen molar-refractivity contribution in [2.24, 2.45) is 0 Å². The topological polar surface area (TPSA) is 55.8 Å². The lowest BCUT2D eigenvalue weighted by atomic mass is 9.79. The van der Waals surface area contributed by atoms with Gasteiger partial charge >= 0.3 is 5.97 Å². The highest BCUT2D eigenvalue weighted by molar-refractivity contribution is 5.69. The Morgan fingerprint density at radius 1 is 1.47 bits per heavy atom. The van der Waals surface area contributed by atoms with Crippen molar-refractivity contribution in [2.75, 3.05) is 13.2 Å². The summed E-state index contributed by atoms with van der Waals surface area (Å²) in [5, 5.41) is 10.5. The van der Waals surface area contributed by atoms with Crippen molar-refractivity contribution in [1.82, 2.24) is 0 Å². The number of ether oxygens (including phenoxy) is 2. The molecular formula is C13H24O4. The van der Waals surface area contributed by atoms with Crippen LogP contribution >= 0.6 is 0 Å². The average Bonchev–Trinajstić information content (AvgIpc) is 2.27. The molecule has 0 spiro atoms. The van der Waals surface area contributed by atoms with Crippen LogP contribution in [0, 0.1) is 0 Å². The first-order chi connectivity index (χ1) is 7.93. The van der Waals surface area contributed by atoms with E-state index in [0.717, 1.165) is 6.42 Å². The summed E-state index contributed by atoms with van der Waals surface area (Å²) in [6, 6.07) is 0. The molecule has 1 N–H and O–H groups in total. The van der Waals surface area contributed by atoms with Crippen molar-refractivity contribution in [1.29, 1.82) is 0 Å². The molecule has 0 aromatic carbocycles. The second kappa shape index (κ2) is 5.83. The van der Waals surface area contributed by atoms with Gasteiger partial charge in [-0.1, -0.05) is 6.92 Å². The highest BCUT2D eigenvalue weighted by Crippen LogP contribution is 2.37. The molecule has 1 fully saturated rings. The van der Waals surface area contributed by atoms with Crippen LogP contribution in [-0.2, 0) is 14.3 Å². The molecule has 100 valence electrons. The van der Waals surface area contributed by atoms with Gasteiger partial charge in [0.2, 0.25) is 0 Å². The fourth-order valence-electron chi connectivity index (χ4n) is 2.33. The number of hydrogen-bond acceptors (Lipinski definition) is 4. The van der Waals surface area contributed by atoms with Crippen LogP contribution in [0.25, 0.3) is 0 Å². The molecule has 1 saturated heterocycles. The van der Waals surface area contributed by atoms with Crippen LogP contribution in [0.2, 0.25) is 0 Å². The summed E-state index contributed by atoms with van der Waals surface area (Å²) in [4.78, 5) is 11.3. The lowest BCUT2D eigenvalue weighted by Gasteiger charge is -2.43. The lowest BCUT2D eigenvalue weighted by Crippen LogP contribution is -2.47. The Morgan fingerprint density at radius 2 is 2.18 bits per heavy atom. The predicted molar refractivity (Wildman–Crippen MR) is 64.7 cm³/mol. The van der Waals surface area contributed by atoms with Crippen LogP contribution < -0.4 is 0 Å². The van der Waals surface area contributed by atoms with E-state index in [2.05, 4.69) is 6.92 Å². The third kappa shape index (κ3) is 4.28. The highest BCUT2D eigenvalue weighted by atomic mass is 16.5. The van der Waals surface area contributed by atoms with Crippen molar-refractivity contribution in [2.45, 2.75) is 64.1 Å². The average molecular weight is 244 g/mol. The molecule has 0 amide bonds. The summed E-state index contributed by atoms with van der Waals surface area (Å²) in [7, 11) is 0. The van der Waals surface area contributed by atoms with Gasteiger partial charge in [0, 0.05) is 12.8 Å². The molecule has 0 aromatic rings. The molecule has 4 heteroatoms. The van der Waals surface area contributed by atoms with Gasteiger partial charge in [-0.2, -0.15) is 0 Å². The van der Waals surface area contributed by atoms with Gasteiger partial charge in [0.1, 0.15) is 0 Å². The molecular weight excluding hydrogens is 220 g/mol. The van der Waals surface area contributed by atoms with Gasteiger partial charge in [0.15, 0.2) is 0 Å². The van der Waals surface area contributed by atoms with Crippen molar-refractivity contribution in [3.63, 3.8) is 0 Å². The molecule has 0 aliphatic carbocycles. The van der Waals surface area contributed by atoms with E-state index in [1.165, 1.54) is 0 Å². The molecule has 0 bridgehead atoms. The van der Waals surface area contributed by atoms with Crippen molar-refractivity contribution >= 4 is 5.97 Å². The Kier molecular flexibility index (Phi) is 4.95. The third-order valence-corrected chi connectivity index (χ3v) is 3.57. The van der Waals surface area contributed by atoms with Crippen LogP contribution in [0.15, 0.2) is 0 Å². The summed E-state index contributed by atoms with van der Waals surface area (Å²) in [6.07, 6.45) is 2.81. The zero-order chi connectivity index (χ0) is 12.9. The first-order valence-corrected chi connectivity index (χ1v) is 6.45. The minimum absolute atomic E-state index is 0.231. The summed E-state index contributed by atoms with van der Waals surface area (Å²) in [5.41, 5.74) is -1.04. The van der Waals surface area contributed by atoms with Crippen LogP contribution in [-0.4, -0.2) is 35.5 Å². The molecule has 1 aliphatic rings. The number of rotatable bonds is 5. The zero-order valence-electron chi connectivity index (χ0n) is 11.1. The molecule has 1 rings (SSSR count). The van der Waals surface area contributed by atoms with Gasteiger partial charge in [-0.05, 0) is 33.1 Å². The van der Waals surface area contributed by atoms with Crippen LogP contribution in [0.3, 0.4) is 0 Å². The Balaban J connectivity index is 2.47. The lowest BCUT2D eigenvalue weighted by molar-refractivity contribution is -0.162. The van der Waals surface area contributed by atoms with E-state index < -0.39 is 5.60 Å². The maximum Gasteiger partial charge on any atom is 0.305 e. The minimum Gasteiger partial charge on any atom is -0.466 e. The van der Waals surface area contributed by atoms with Gasteiger partial charge in [-0.25, -0.2) is 0 Å². The fourth-order valence-corrected chi connectivity index (χ4v) is 2.33. The van der Waals surface area contributed by atoms with Gasteiger partial charge in [-0.15, -0.1) is 0 Å². The summed E-state index contributed by atoms with van der Waals surface area (Å²) in [5.74, 6) is -0.231. The summed E-state index contributed by atoms with van der Waals surface area (Å²) < 4.78 is 10.6. The fraction of sp³-hybridized carbons (Fsp3) is 0.923. The van der Waals surface area contributed by atoms with E-state index in [1.807, 2.05) is 6.92 Å². The van der Waals surface area contributed by atoms with E-state index in [1.54, 1.807) is 6.92 Å². The Hall–Kier alpha value is -0.610. The summed E-state index contributed by atoms with van der Waals surface area (Å²) >= 11 is 0. The van der Waals surface area contributed by atoms with Gasteiger partial charge in [-0.3, -0.25) is 4.79 Å². The van der Waals surface area contributed by atoms with E-state index in [-0.39, 0.29) is 18.0 Å². The predicted octanol–water partition coefficient (Wildman–Crippen LogP) is 2.04. The van der Waals surface area contributed by atoms with E-state index in [9.17, 15) is 9.90 Å². The van der Waals surface area contributed by atoms with Crippen molar-refractivity contribution in [3.05, 3.63) is 0 Å². The maximum absolute atomic E-state index is 11.3. The molecule has 17 heavy (non-hydrogen) atoms. The summed E-state index contributed by atoms with van der Waals surface area (Å²) in [6.45, 7) is 6.81. The monoisotopic (exact) mass is 244 g/mol. The minimum atomic E-state index is -0.782. The van der Waals surface area contributed by atoms with Crippen LogP contribution in [0.5, 0.6) is 0 Å². The second-order valence-corrected chi connectivity index (χ2v) is 5.11. The van der Waals surface area contributed by atoms with E-state index >= 15 is 0 Å². The van der Waals surface area contributed by atoms with Crippen LogP contribution in [0.1, 0.15) is 52.9 Å². The van der Waals surface area contributed by atoms with Gasteiger partial charge < -0.3 is 14.6 Å². The van der Waals surface area contributed by atoms with Crippen molar-refractivity contribution < 1.29 is 19.4 Å². The molecule has 0 aromatic heterocycles. The van der Waals surface area contributed by atoms with Gasteiger partial charge in [0.05, 0.1) is 24.4 Å². The number of carbonyl (C=O) groups excluding carboxylic acids is 1. The number of carbonyl (C=O) groups is 1. The number of hydrogen-bond donors (Lipinski definition) is 1. The van der Waals surface area contributed by atoms with Crippen LogP contribution in [0.4, 0.5) is 0 Å². The largest absolute Gasteiger partial charge is 0.466 e. The van der Waals surface area contributed by atoms with Gasteiger partial charge in [0.25, 0.3) is 0 Å². The number of esters is 1. The molecule has 0 saturated carbocycles. The standard InChI is InChI=1S/C13H24O4/c1-4-12(3)10-13(15,8-9-17-12)7-6-11(14)16-5-2/h15H,4-10H2,1-3H3. The Bertz CT molecular complexity index is 266. The third-order valence-electron chi connectivity index (χ3n) is 3.57. The van der Waals surface area contributed by atoms with E-state index in [4.69, 9.17) is 9.47 Å². The SMILES string of the molecule is CCOC(=O)CCC1(O)CCOC(C)(CC)C1. The van der Waals surface area contributed by atoms with E-state index in [0.29, 0.717) is 32.5 Å². The quantitative estimate of drug-likeness (QED) is 0.752. The molecule has 1 aliphatic heterocycles. The molecule has 1 heterocycles. The Labute approximate surface area is 103 Å². The second-order valence-electron chi connectivity index (χ2n) is 5.11. The highest BCUT2D eigenvalue weighted by Gasteiger charge is 2.41. The normalized spacial score (nSPS) is 33.4. The van der Waals surface area contributed by atoms with Crippen molar-refractivity contribution in [3.8, 4) is 0 Å². The first-order valence-electron chi connectivity index (χ1n) is 6.45. The molecule has 2 unspecified atom stereocenters. The molecule has 2 atom stereocenters. The first kappa shape index (κ1) is 14.5.